The third-order valence-corrected chi connectivity index (χ3v) is 7.53. The Morgan fingerprint density at radius 2 is 1.65 bits per heavy atom. The number of sulfonamides is 1. The topological polar surface area (TPSA) is 66.5 Å². The van der Waals surface area contributed by atoms with Crippen LogP contribution in [0.15, 0.2) is 65.6 Å². The molecule has 0 saturated heterocycles. The molecular weight excluding hydrogens is 451 g/mol. The molecule has 0 aromatic heterocycles. The van der Waals surface area contributed by atoms with Crippen LogP contribution in [-0.4, -0.2) is 19.2 Å². The number of carbonyl (C=O) groups is 1. The van der Waals surface area contributed by atoms with Gasteiger partial charge in [0.05, 0.1) is 17.0 Å². The Balaban J connectivity index is 1.45. The van der Waals surface area contributed by atoms with Crippen molar-refractivity contribution in [3.8, 4) is 0 Å². The number of rotatable bonds is 5. The van der Waals surface area contributed by atoms with Gasteiger partial charge in [0, 0.05) is 13.1 Å². The highest BCUT2D eigenvalue weighted by atomic mass is 32.2. The van der Waals surface area contributed by atoms with Gasteiger partial charge in [-0.1, -0.05) is 51.1 Å². The van der Waals surface area contributed by atoms with Gasteiger partial charge in [0.2, 0.25) is 5.91 Å². The third-order valence-electron chi connectivity index (χ3n) is 6.17. The SMILES string of the molecule is Cc1cc(F)ccc1NS(=O)(=O)c1ccc2c(c1)CN(C(=O)Cc1ccc(C(C)(C)C)cc1)C2. The zero-order chi connectivity index (χ0) is 24.7. The first-order valence-electron chi connectivity index (χ1n) is 11.2. The molecule has 5 nitrogen and oxygen atoms in total. The van der Waals surface area contributed by atoms with Crippen LogP contribution in [0.25, 0.3) is 0 Å². The number of nitrogens with zero attached hydrogens (tertiary/aromatic N) is 1. The van der Waals surface area contributed by atoms with Crippen molar-refractivity contribution in [2.24, 2.45) is 0 Å². The summed E-state index contributed by atoms with van der Waals surface area (Å²) in [5, 5.41) is 0. The number of anilines is 1. The molecule has 1 N–H and O–H groups in total. The van der Waals surface area contributed by atoms with E-state index in [0.29, 0.717) is 30.8 Å². The number of hydrogen-bond acceptors (Lipinski definition) is 3. The summed E-state index contributed by atoms with van der Waals surface area (Å²) in [5.41, 5.74) is 4.81. The molecule has 0 saturated carbocycles. The molecule has 0 atom stereocenters. The van der Waals surface area contributed by atoms with Crippen LogP contribution < -0.4 is 4.72 Å². The van der Waals surface area contributed by atoms with E-state index in [1.54, 1.807) is 30.0 Å². The number of halogens is 1. The summed E-state index contributed by atoms with van der Waals surface area (Å²) >= 11 is 0. The molecule has 178 valence electrons. The normalized spacial score (nSPS) is 13.6. The van der Waals surface area contributed by atoms with Crippen LogP contribution in [-0.2, 0) is 39.7 Å². The largest absolute Gasteiger partial charge is 0.334 e. The van der Waals surface area contributed by atoms with Crippen LogP contribution in [0.4, 0.5) is 10.1 Å². The molecule has 7 heteroatoms. The lowest BCUT2D eigenvalue weighted by molar-refractivity contribution is -0.131. The molecule has 0 radical (unpaired) electrons. The van der Waals surface area contributed by atoms with Crippen molar-refractivity contribution in [3.63, 3.8) is 0 Å². The van der Waals surface area contributed by atoms with Crippen molar-refractivity contribution < 1.29 is 17.6 Å². The lowest BCUT2D eigenvalue weighted by atomic mass is 9.86. The average Bonchev–Trinajstić information content (AvgIpc) is 3.19. The highest BCUT2D eigenvalue weighted by molar-refractivity contribution is 7.92. The van der Waals surface area contributed by atoms with Crippen LogP contribution in [0.2, 0.25) is 0 Å². The first kappa shape index (κ1) is 24.0. The van der Waals surface area contributed by atoms with Crippen LogP contribution >= 0.6 is 0 Å². The lowest BCUT2D eigenvalue weighted by Crippen LogP contribution is -2.26. The van der Waals surface area contributed by atoms with Gasteiger partial charge in [-0.15, -0.1) is 0 Å². The van der Waals surface area contributed by atoms with Crippen molar-refractivity contribution >= 4 is 21.6 Å². The van der Waals surface area contributed by atoms with Gasteiger partial charge in [0.15, 0.2) is 0 Å². The fourth-order valence-electron chi connectivity index (χ4n) is 4.07. The standard InChI is InChI=1S/C27H29FN2O3S/c1-18-13-23(28)10-12-25(18)29-34(32,33)24-11-7-20-16-30(17-21(20)15-24)26(31)14-19-5-8-22(9-6-19)27(2,3)4/h5-13,15,29H,14,16-17H2,1-4H3. The van der Waals surface area contributed by atoms with Gasteiger partial charge in [-0.05, 0) is 70.5 Å². The van der Waals surface area contributed by atoms with E-state index in [9.17, 15) is 17.6 Å². The minimum atomic E-state index is -3.85. The van der Waals surface area contributed by atoms with Gasteiger partial charge in [-0.2, -0.15) is 0 Å². The number of amides is 1. The third kappa shape index (κ3) is 5.14. The van der Waals surface area contributed by atoms with E-state index < -0.39 is 15.8 Å². The second-order valence-corrected chi connectivity index (χ2v) is 11.6. The Hall–Kier alpha value is -3.19. The minimum Gasteiger partial charge on any atom is -0.334 e. The molecule has 0 aliphatic carbocycles. The summed E-state index contributed by atoms with van der Waals surface area (Å²) < 4.78 is 41.7. The second kappa shape index (κ2) is 8.87. The molecule has 0 unspecified atom stereocenters. The maximum atomic E-state index is 13.3. The predicted molar refractivity (Wildman–Crippen MR) is 131 cm³/mol. The molecule has 1 amide bonds. The molecule has 1 heterocycles. The lowest BCUT2D eigenvalue weighted by Gasteiger charge is -2.19. The van der Waals surface area contributed by atoms with E-state index in [2.05, 4.69) is 37.6 Å². The Kier molecular flexibility index (Phi) is 6.25. The van der Waals surface area contributed by atoms with Gasteiger partial charge in [0.1, 0.15) is 5.82 Å². The molecule has 0 bridgehead atoms. The van der Waals surface area contributed by atoms with E-state index in [1.165, 1.54) is 23.8 Å². The Labute approximate surface area is 200 Å². The van der Waals surface area contributed by atoms with Gasteiger partial charge in [-0.25, -0.2) is 12.8 Å². The molecule has 0 fully saturated rings. The van der Waals surface area contributed by atoms with Crippen molar-refractivity contribution in [2.75, 3.05) is 4.72 Å². The number of aryl methyl sites for hydroxylation is 1. The number of fused-ring (bicyclic) bond motifs is 1. The highest BCUT2D eigenvalue weighted by Gasteiger charge is 2.26. The smallest absolute Gasteiger partial charge is 0.261 e. The first-order valence-corrected chi connectivity index (χ1v) is 12.7. The first-order chi connectivity index (χ1) is 15.9. The molecule has 3 aromatic rings. The van der Waals surface area contributed by atoms with Gasteiger partial charge >= 0.3 is 0 Å². The van der Waals surface area contributed by atoms with E-state index >= 15 is 0 Å². The summed E-state index contributed by atoms with van der Waals surface area (Å²) in [4.78, 5) is 14.8. The molecule has 0 spiro atoms. The highest BCUT2D eigenvalue weighted by Crippen LogP contribution is 2.28. The average molecular weight is 481 g/mol. The summed E-state index contributed by atoms with van der Waals surface area (Å²) in [5.74, 6) is -0.419. The Morgan fingerprint density at radius 1 is 0.971 bits per heavy atom. The van der Waals surface area contributed by atoms with Crippen LogP contribution in [0.1, 0.15) is 48.6 Å². The van der Waals surface area contributed by atoms with Gasteiger partial charge < -0.3 is 4.90 Å². The number of hydrogen-bond donors (Lipinski definition) is 1. The zero-order valence-corrected chi connectivity index (χ0v) is 20.7. The number of carbonyl (C=O) groups excluding carboxylic acids is 1. The van der Waals surface area contributed by atoms with Crippen molar-refractivity contribution in [3.05, 3.63) is 94.3 Å². The summed E-state index contributed by atoms with van der Waals surface area (Å²) in [6.07, 6.45) is 0.301. The Morgan fingerprint density at radius 3 is 2.29 bits per heavy atom. The maximum absolute atomic E-state index is 13.3. The van der Waals surface area contributed by atoms with Crippen LogP contribution in [0.5, 0.6) is 0 Å². The quantitative estimate of drug-likeness (QED) is 0.538. The van der Waals surface area contributed by atoms with E-state index in [0.717, 1.165) is 16.7 Å². The van der Waals surface area contributed by atoms with Crippen molar-refractivity contribution in [1.29, 1.82) is 0 Å². The monoisotopic (exact) mass is 480 g/mol. The van der Waals surface area contributed by atoms with Gasteiger partial charge in [0.25, 0.3) is 10.0 Å². The summed E-state index contributed by atoms with van der Waals surface area (Å²) in [7, 11) is -3.85. The summed E-state index contributed by atoms with van der Waals surface area (Å²) in [6, 6.07) is 16.9. The van der Waals surface area contributed by atoms with E-state index in [1.807, 2.05) is 12.1 Å². The maximum Gasteiger partial charge on any atom is 0.261 e. The predicted octanol–water partition coefficient (Wildman–Crippen LogP) is 5.32. The zero-order valence-electron chi connectivity index (χ0n) is 19.9. The summed E-state index contributed by atoms with van der Waals surface area (Å²) in [6.45, 7) is 8.92. The van der Waals surface area contributed by atoms with Crippen molar-refractivity contribution in [1.82, 2.24) is 4.90 Å². The molecule has 3 aromatic carbocycles. The Bertz CT molecular complexity index is 1340. The molecule has 4 rings (SSSR count). The number of benzene rings is 3. The second-order valence-electron chi connectivity index (χ2n) is 9.87. The fourth-order valence-corrected chi connectivity index (χ4v) is 5.25. The van der Waals surface area contributed by atoms with Crippen molar-refractivity contribution in [2.45, 2.75) is 57.5 Å². The molecular formula is C27H29FN2O3S. The van der Waals surface area contributed by atoms with Crippen LogP contribution in [0, 0.1) is 12.7 Å². The molecule has 1 aliphatic heterocycles. The van der Waals surface area contributed by atoms with Crippen LogP contribution in [0.3, 0.4) is 0 Å². The van der Waals surface area contributed by atoms with E-state index in [4.69, 9.17) is 0 Å². The fraction of sp³-hybridized carbons (Fsp3) is 0.296. The molecule has 34 heavy (non-hydrogen) atoms. The molecule has 1 aliphatic rings. The number of nitrogens with one attached hydrogen (secondary N) is 1. The minimum absolute atomic E-state index is 0.00387. The van der Waals surface area contributed by atoms with Gasteiger partial charge in [-0.3, -0.25) is 9.52 Å². The van der Waals surface area contributed by atoms with E-state index in [-0.39, 0.29) is 16.2 Å².